The first kappa shape index (κ1) is 22.9. The van der Waals surface area contributed by atoms with Gasteiger partial charge in [0.2, 0.25) is 5.91 Å². The van der Waals surface area contributed by atoms with E-state index in [0.717, 1.165) is 17.3 Å². The summed E-state index contributed by atoms with van der Waals surface area (Å²) < 4.78 is 6.98. The van der Waals surface area contributed by atoms with Crippen molar-refractivity contribution < 1.29 is 14.3 Å². The molecule has 0 unspecified atom stereocenters. The molecule has 6 heteroatoms. The molecule has 160 valence electrons. The van der Waals surface area contributed by atoms with Gasteiger partial charge in [-0.25, -0.2) is 0 Å². The van der Waals surface area contributed by atoms with Crippen LogP contribution in [0.15, 0.2) is 18.2 Å². The summed E-state index contributed by atoms with van der Waals surface area (Å²) in [5.41, 5.74) is 0.738. The zero-order valence-corrected chi connectivity index (χ0v) is 19.1. The molecule has 1 heterocycles. The number of ether oxygens (including phenoxy) is 1. The number of rotatable bonds is 7. The minimum atomic E-state index is -0.557. The number of fused-ring (bicyclic) bond motifs is 1. The minimum absolute atomic E-state index is 0.00118. The van der Waals surface area contributed by atoms with Crippen molar-refractivity contribution in [2.45, 2.75) is 61.4 Å². The Morgan fingerprint density at radius 2 is 1.79 bits per heavy atom. The number of hydrogen-bond donors (Lipinski definition) is 0. The van der Waals surface area contributed by atoms with Gasteiger partial charge in [0.25, 0.3) is 0 Å². The normalized spacial score (nSPS) is 12.3. The van der Waals surface area contributed by atoms with Crippen molar-refractivity contribution in [2.24, 2.45) is 10.8 Å². The number of methoxy groups -OCH3 is 1. The first-order valence-electron chi connectivity index (χ1n) is 10.2. The van der Waals surface area contributed by atoms with Crippen LogP contribution in [0.3, 0.4) is 0 Å². The standard InChI is InChI=1S/C23H35N3O3/c1-9-25(13-12-22(2,3)4)19(27)15-26-18-14-16(29-8)10-11-17(18)20(24-26)21(28)23(5,6)7/h10-11,14H,9,12-13,15H2,1-8H3. The van der Waals surface area contributed by atoms with Gasteiger partial charge in [0.1, 0.15) is 18.0 Å². The van der Waals surface area contributed by atoms with Gasteiger partial charge in [0, 0.05) is 30.0 Å². The smallest absolute Gasteiger partial charge is 0.244 e. The summed E-state index contributed by atoms with van der Waals surface area (Å²) in [6.45, 7) is 15.6. The third-order valence-electron chi connectivity index (χ3n) is 5.01. The monoisotopic (exact) mass is 401 g/mol. The highest BCUT2D eigenvalue weighted by molar-refractivity contribution is 6.08. The molecule has 0 saturated heterocycles. The topological polar surface area (TPSA) is 64.4 Å². The number of benzene rings is 1. The van der Waals surface area contributed by atoms with Gasteiger partial charge >= 0.3 is 0 Å². The lowest BCUT2D eigenvalue weighted by Gasteiger charge is -2.26. The molecule has 0 aliphatic carbocycles. The highest BCUT2D eigenvalue weighted by Gasteiger charge is 2.29. The zero-order valence-electron chi connectivity index (χ0n) is 19.1. The lowest BCUT2D eigenvalue weighted by atomic mass is 9.88. The van der Waals surface area contributed by atoms with Crippen LogP contribution >= 0.6 is 0 Å². The maximum Gasteiger partial charge on any atom is 0.244 e. The molecular weight excluding hydrogens is 366 g/mol. The second-order valence-corrected chi connectivity index (χ2v) is 9.75. The van der Waals surface area contributed by atoms with Gasteiger partial charge < -0.3 is 9.64 Å². The van der Waals surface area contributed by atoms with Crippen molar-refractivity contribution in [3.63, 3.8) is 0 Å². The minimum Gasteiger partial charge on any atom is -0.497 e. The van der Waals surface area contributed by atoms with E-state index in [-0.39, 0.29) is 23.7 Å². The molecule has 1 aromatic heterocycles. The Kier molecular flexibility index (Phi) is 6.76. The molecule has 0 spiro atoms. The van der Waals surface area contributed by atoms with Crippen LogP contribution in [0, 0.1) is 10.8 Å². The van der Waals surface area contributed by atoms with E-state index in [1.165, 1.54) is 0 Å². The van der Waals surface area contributed by atoms with Crippen LogP contribution in [0.2, 0.25) is 0 Å². The molecule has 0 bridgehead atoms. The lowest BCUT2D eigenvalue weighted by molar-refractivity contribution is -0.132. The molecule has 2 rings (SSSR count). The van der Waals surface area contributed by atoms with Crippen LogP contribution in [0.1, 0.15) is 65.4 Å². The molecule has 0 radical (unpaired) electrons. The van der Waals surface area contributed by atoms with Gasteiger partial charge in [-0.1, -0.05) is 41.5 Å². The van der Waals surface area contributed by atoms with E-state index in [2.05, 4.69) is 25.9 Å². The van der Waals surface area contributed by atoms with Crippen LogP contribution in [0.4, 0.5) is 0 Å². The van der Waals surface area contributed by atoms with E-state index in [1.807, 2.05) is 50.8 Å². The van der Waals surface area contributed by atoms with E-state index in [4.69, 9.17) is 4.74 Å². The molecule has 0 saturated carbocycles. The number of carbonyl (C=O) groups is 2. The predicted octanol–water partition coefficient (Wildman–Crippen LogP) is 4.56. The van der Waals surface area contributed by atoms with Gasteiger partial charge in [-0.05, 0) is 30.9 Å². The average molecular weight is 402 g/mol. The molecule has 6 nitrogen and oxygen atoms in total. The number of nitrogens with zero attached hydrogens (tertiary/aromatic N) is 3. The second kappa shape index (κ2) is 8.56. The third kappa shape index (κ3) is 5.58. The van der Waals surface area contributed by atoms with E-state index in [0.29, 0.717) is 24.5 Å². The molecule has 0 fully saturated rings. The molecule has 0 N–H and O–H groups in total. The number of hydrogen-bond acceptors (Lipinski definition) is 4. The molecule has 0 aliphatic heterocycles. The van der Waals surface area contributed by atoms with Crippen molar-refractivity contribution in [3.05, 3.63) is 23.9 Å². The first-order chi connectivity index (χ1) is 13.4. The van der Waals surface area contributed by atoms with Crippen molar-refractivity contribution in [2.75, 3.05) is 20.2 Å². The highest BCUT2D eigenvalue weighted by atomic mass is 16.5. The predicted molar refractivity (Wildman–Crippen MR) is 116 cm³/mol. The second-order valence-electron chi connectivity index (χ2n) is 9.75. The zero-order chi connectivity index (χ0) is 22.0. The Labute approximate surface area is 174 Å². The van der Waals surface area contributed by atoms with Crippen LogP contribution in [0.5, 0.6) is 5.75 Å². The van der Waals surface area contributed by atoms with Crippen molar-refractivity contribution in [1.82, 2.24) is 14.7 Å². The molecule has 0 aliphatic rings. The van der Waals surface area contributed by atoms with Crippen LogP contribution in [0.25, 0.3) is 10.9 Å². The lowest BCUT2D eigenvalue weighted by Crippen LogP contribution is -2.36. The Balaban J connectivity index is 2.40. The Morgan fingerprint density at radius 1 is 1.14 bits per heavy atom. The quantitative estimate of drug-likeness (QED) is 0.638. The van der Waals surface area contributed by atoms with E-state index in [1.54, 1.807) is 11.8 Å². The summed E-state index contributed by atoms with van der Waals surface area (Å²) in [6.07, 6.45) is 0.925. The fourth-order valence-corrected chi connectivity index (χ4v) is 3.08. The Morgan fingerprint density at radius 3 is 2.31 bits per heavy atom. The summed E-state index contributed by atoms with van der Waals surface area (Å²) >= 11 is 0. The van der Waals surface area contributed by atoms with Gasteiger partial charge in [-0.3, -0.25) is 14.3 Å². The molecule has 29 heavy (non-hydrogen) atoms. The number of Topliss-reactive ketones (excluding diaryl/α,β-unsaturated/α-hetero) is 1. The van der Waals surface area contributed by atoms with Crippen molar-refractivity contribution in [1.29, 1.82) is 0 Å². The summed E-state index contributed by atoms with van der Waals surface area (Å²) in [5, 5.41) is 5.31. The highest BCUT2D eigenvalue weighted by Crippen LogP contribution is 2.29. The number of carbonyl (C=O) groups excluding carboxylic acids is 2. The van der Waals surface area contributed by atoms with Crippen molar-refractivity contribution >= 4 is 22.6 Å². The Bertz CT molecular complexity index is 885. The van der Waals surface area contributed by atoms with Gasteiger partial charge in [0.05, 0.1) is 12.6 Å². The summed E-state index contributed by atoms with van der Waals surface area (Å²) in [6, 6.07) is 5.50. The molecule has 1 amide bonds. The van der Waals surface area contributed by atoms with Gasteiger partial charge in [-0.15, -0.1) is 0 Å². The van der Waals surface area contributed by atoms with Gasteiger partial charge in [0.15, 0.2) is 5.78 Å². The Hall–Kier alpha value is -2.37. The van der Waals surface area contributed by atoms with Crippen LogP contribution in [-0.4, -0.2) is 46.6 Å². The fourth-order valence-electron chi connectivity index (χ4n) is 3.08. The maximum absolute atomic E-state index is 13.0. The molecule has 1 aromatic carbocycles. The molecule has 2 aromatic rings. The molecule has 0 atom stereocenters. The van der Waals surface area contributed by atoms with Gasteiger partial charge in [-0.2, -0.15) is 5.10 Å². The van der Waals surface area contributed by atoms with Crippen LogP contribution < -0.4 is 4.74 Å². The SMILES string of the molecule is CCN(CCC(C)(C)C)C(=O)Cn1nc(C(=O)C(C)(C)C)c2ccc(OC)cc21. The largest absolute Gasteiger partial charge is 0.497 e. The molecular formula is C23H35N3O3. The average Bonchev–Trinajstić information content (AvgIpc) is 2.97. The third-order valence-corrected chi connectivity index (χ3v) is 5.01. The van der Waals surface area contributed by atoms with E-state index < -0.39 is 5.41 Å². The van der Waals surface area contributed by atoms with Crippen LogP contribution in [-0.2, 0) is 11.3 Å². The summed E-state index contributed by atoms with van der Waals surface area (Å²) in [4.78, 5) is 27.8. The maximum atomic E-state index is 13.0. The van der Waals surface area contributed by atoms with E-state index >= 15 is 0 Å². The first-order valence-corrected chi connectivity index (χ1v) is 10.2. The number of likely N-dealkylation sites (N-methyl/N-ethyl adjacent to an activating group) is 1. The summed E-state index contributed by atoms with van der Waals surface area (Å²) in [5.74, 6) is 0.624. The number of amides is 1. The number of ketones is 1. The number of aromatic nitrogens is 2. The van der Waals surface area contributed by atoms with E-state index in [9.17, 15) is 9.59 Å². The van der Waals surface area contributed by atoms with Crippen molar-refractivity contribution in [3.8, 4) is 5.75 Å². The summed E-state index contributed by atoms with van der Waals surface area (Å²) in [7, 11) is 1.60. The fraction of sp³-hybridized carbons (Fsp3) is 0.609.